The van der Waals surface area contributed by atoms with Gasteiger partial charge in [-0.15, -0.1) is 0 Å². The molecule has 2 heterocycles. The molecule has 7 rings (SSSR count). The van der Waals surface area contributed by atoms with Crippen LogP contribution in [0.5, 0.6) is 0 Å². The van der Waals surface area contributed by atoms with Crippen molar-refractivity contribution in [3.63, 3.8) is 0 Å². The molecule has 2 unspecified atom stereocenters. The minimum Gasteiger partial charge on any atom is -0.350 e. The van der Waals surface area contributed by atoms with Crippen LogP contribution in [0.1, 0.15) is 51.3 Å². The van der Waals surface area contributed by atoms with Crippen molar-refractivity contribution in [1.29, 1.82) is 0 Å². The van der Waals surface area contributed by atoms with Crippen LogP contribution >= 0.6 is 0 Å². The molecular weight excluding hydrogens is 336 g/mol. The summed E-state index contributed by atoms with van der Waals surface area (Å²) in [5.74, 6) is 5.71. The fourth-order valence-electron chi connectivity index (χ4n) is 7.72. The third-order valence-corrected chi connectivity index (χ3v) is 8.51. The molecule has 1 saturated heterocycles. The zero-order valence-corrected chi connectivity index (χ0v) is 16.4. The zero-order valence-electron chi connectivity index (χ0n) is 16.4. The van der Waals surface area contributed by atoms with Gasteiger partial charge in [0.05, 0.1) is 6.54 Å². The van der Waals surface area contributed by atoms with Crippen LogP contribution in [-0.4, -0.2) is 39.0 Å². The molecule has 1 N–H and O–H groups in total. The number of aryl methyl sites for hydroxylation is 1. The highest BCUT2D eigenvalue weighted by Crippen LogP contribution is 2.57. The predicted octanol–water partition coefficient (Wildman–Crippen LogP) is 2.67. The highest BCUT2D eigenvalue weighted by atomic mass is 16.2. The minimum absolute atomic E-state index is 0.175. The first-order valence-electron chi connectivity index (χ1n) is 11.2. The molecule has 5 nitrogen and oxygen atoms in total. The molecule has 6 aliphatic rings. The average molecular weight is 369 g/mol. The molecule has 0 spiro atoms. The van der Waals surface area contributed by atoms with Gasteiger partial charge in [0.15, 0.2) is 0 Å². The maximum Gasteiger partial charge on any atom is 0.224 e. The number of fused-ring (bicyclic) bond motifs is 1. The summed E-state index contributed by atoms with van der Waals surface area (Å²) in [4.78, 5) is 20.1. The Labute approximate surface area is 161 Å². The summed E-state index contributed by atoms with van der Waals surface area (Å²) in [5, 5.41) is 3.62. The molecule has 5 heteroatoms. The number of likely N-dealkylation sites (tertiary alicyclic amines) is 1. The van der Waals surface area contributed by atoms with Crippen molar-refractivity contribution in [2.24, 2.45) is 35.5 Å². The van der Waals surface area contributed by atoms with E-state index >= 15 is 0 Å². The first kappa shape index (κ1) is 16.6. The second-order valence-corrected chi connectivity index (χ2v) is 10.4. The van der Waals surface area contributed by atoms with Gasteiger partial charge in [0.25, 0.3) is 0 Å². The van der Waals surface area contributed by atoms with Crippen LogP contribution in [0.3, 0.4) is 0 Å². The van der Waals surface area contributed by atoms with E-state index in [-0.39, 0.29) is 5.54 Å². The third-order valence-electron chi connectivity index (χ3n) is 8.51. The van der Waals surface area contributed by atoms with Gasteiger partial charge in [0, 0.05) is 43.5 Å². The number of nitrogens with one attached hydrogen (secondary N) is 1. The van der Waals surface area contributed by atoms with Crippen molar-refractivity contribution in [2.75, 3.05) is 13.1 Å². The van der Waals surface area contributed by atoms with Crippen LogP contribution < -0.4 is 5.32 Å². The molecule has 146 valence electrons. The zero-order chi connectivity index (χ0) is 18.2. The highest BCUT2D eigenvalue weighted by Gasteiger charge is 2.61. The Bertz CT molecular complexity index is 708. The standard InChI is InChI=1S/C22H32N4O/c1-2-26-4-3-23-19(26)13-25-11-17-18(12-25)20(17)21(27)24-22-8-14-5-15(9-22)7-16(6-14)10-22/h3-4,14-18,20H,2,5-13H2,1H3,(H,24,27). The largest absolute Gasteiger partial charge is 0.350 e. The molecule has 5 saturated carbocycles. The topological polar surface area (TPSA) is 50.2 Å². The van der Waals surface area contributed by atoms with E-state index in [0.29, 0.717) is 23.7 Å². The van der Waals surface area contributed by atoms with Crippen molar-refractivity contribution in [3.05, 3.63) is 18.2 Å². The van der Waals surface area contributed by atoms with E-state index in [1.54, 1.807) is 0 Å². The van der Waals surface area contributed by atoms with E-state index in [0.717, 1.165) is 49.8 Å². The number of carbonyl (C=O) groups excluding carboxylic acids is 1. The first-order chi connectivity index (χ1) is 13.1. The van der Waals surface area contributed by atoms with Crippen LogP contribution in [0.15, 0.2) is 12.4 Å². The Morgan fingerprint density at radius 2 is 1.78 bits per heavy atom. The van der Waals surface area contributed by atoms with Gasteiger partial charge < -0.3 is 9.88 Å². The predicted molar refractivity (Wildman–Crippen MR) is 103 cm³/mol. The van der Waals surface area contributed by atoms with E-state index in [1.807, 2.05) is 6.20 Å². The molecule has 5 aliphatic carbocycles. The fourth-order valence-corrected chi connectivity index (χ4v) is 7.72. The number of carbonyl (C=O) groups is 1. The van der Waals surface area contributed by atoms with Gasteiger partial charge in [-0.2, -0.15) is 0 Å². The van der Waals surface area contributed by atoms with E-state index < -0.39 is 0 Å². The summed E-state index contributed by atoms with van der Waals surface area (Å²) in [5.41, 5.74) is 0.175. The number of amides is 1. The lowest BCUT2D eigenvalue weighted by atomic mass is 9.53. The Morgan fingerprint density at radius 3 is 2.37 bits per heavy atom. The molecule has 4 bridgehead atoms. The van der Waals surface area contributed by atoms with E-state index in [9.17, 15) is 4.79 Å². The summed E-state index contributed by atoms with van der Waals surface area (Å²) >= 11 is 0. The third kappa shape index (κ3) is 2.68. The Balaban J connectivity index is 1.06. The van der Waals surface area contributed by atoms with Gasteiger partial charge in [-0.1, -0.05) is 0 Å². The molecule has 2 atom stereocenters. The molecule has 1 aliphatic heterocycles. The number of piperidine rings is 1. The van der Waals surface area contributed by atoms with Gasteiger partial charge in [0.2, 0.25) is 5.91 Å². The molecule has 27 heavy (non-hydrogen) atoms. The number of nitrogens with zero attached hydrogens (tertiary/aromatic N) is 3. The summed E-state index contributed by atoms with van der Waals surface area (Å²) in [7, 11) is 0. The quantitative estimate of drug-likeness (QED) is 0.869. The molecule has 1 aromatic rings. The Hall–Kier alpha value is -1.36. The van der Waals surface area contributed by atoms with Crippen LogP contribution in [0.4, 0.5) is 0 Å². The highest BCUT2D eigenvalue weighted by molar-refractivity contribution is 5.83. The SMILES string of the molecule is CCn1ccnc1CN1CC2C(C1)C2C(=O)NC12CC3CC(CC(C3)C1)C2. The second kappa shape index (κ2) is 5.82. The molecule has 1 amide bonds. The van der Waals surface area contributed by atoms with Crippen LogP contribution in [-0.2, 0) is 17.9 Å². The maximum atomic E-state index is 13.1. The van der Waals surface area contributed by atoms with E-state index in [1.165, 1.54) is 38.5 Å². The monoisotopic (exact) mass is 368 g/mol. The number of rotatable bonds is 5. The lowest BCUT2D eigenvalue weighted by molar-refractivity contribution is -0.129. The molecule has 1 aromatic heterocycles. The van der Waals surface area contributed by atoms with Gasteiger partial charge in [-0.05, 0) is 75.0 Å². The molecule has 0 radical (unpaired) electrons. The number of hydrogen-bond acceptors (Lipinski definition) is 3. The Morgan fingerprint density at radius 1 is 1.15 bits per heavy atom. The molecule has 0 aromatic carbocycles. The van der Waals surface area contributed by atoms with E-state index in [4.69, 9.17) is 0 Å². The van der Waals surface area contributed by atoms with Gasteiger partial charge in [0.1, 0.15) is 5.82 Å². The number of hydrogen-bond donors (Lipinski definition) is 1. The summed E-state index contributed by atoms with van der Waals surface area (Å²) < 4.78 is 2.22. The van der Waals surface area contributed by atoms with Crippen molar-refractivity contribution >= 4 is 5.91 Å². The number of aromatic nitrogens is 2. The van der Waals surface area contributed by atoms with Crippen molar-refractivity contribution in [3.8, 4) is 0 Å². The minimum atomic E-state index is 0.175. The van der Waals surface area contributed by atoms with Crippen LogP contribution in [0.25, 0.3) is 0 Å². The van der Waals surface area contributed by atoms with Crippen LogP contribution in [0, 0.1) is 35.5 Å². The van der Waals surface area contributed by atoms with E-state index in [2.05, 4.69) is 32.9 Å². The lowest BCUT2D eigenvalue weighted by Gasteiger charge is -2.57. The summed E-state index contributed by atoms with van der Waals surface area (Å²) in [6.07, 6.45) is 12.1. The summed E-state index contributed by atoms with van der Waals surface area (Å²) in [6, 6.07) is 0. The van der Waals surface area contributed by atoms with Crippen molar-refractivity contribution in [2.45, 2.75) is 64.1 Å². The normalized spacial score (nSPS) is 44.5. The smallest absolute Gasteiger partial charge is 0.224 e. The first-order valence-corrected chi connectivity index (χ1v) is 11.2. The maximum absolute atomic E-state index is 13.1. The van der Waals surface area contributed by atoms with Gasteiger partial charge in [-0.3, -0.25) is 9.69 Å². The van der Waals surface area contributed by atoms with Crippen molar-refractivity contribution in [1.82, 2.24) is 19.8 Å². The van der Waals surface area contributed by atoms with Gasteiger partial charge >= 0.3 is 0 Å². The fraction of sp³-hybridized carbons (Fsp3) is 0.818. The second-order valence-electron chi connectivity index (χ2n) is 10.4. The van der Waals surface area contributed by atoms with Crippen LogP contribution in [0.2, 0.25) is 0 Å². The molecular formula is C22H32N4O. The number of imidazole rings is 1. The summed E-state index contributed by atoms with van der Waals surface area (Å²) in [6.45, 7) is 6.21. The van der Waals surface area contributed by atoms with Crippen molar-refractivity contribution < 1.29 is 4.79 Å². The lowest BCUT2D eigenvalue weighted by Crippen LogP contribution is -2.60. The van der Waals surface area contributed by atoms with Gasteiger partial charge in [-0.25, -0.2) is 4.98 Å². The Kier molecular flexibility index (Phi) is 3.57. The average Bonchev–Trinajstić information content (AvgIpc) is 2.93. The molecule has 6 fully saturated rings.